The van der Waals surface area contributed by atoms with Crippen molar-refractivity contribution >= 4 is 8.32 Å². The maximum absolute atomic E-state index is 6.97. The summed E-state index contributed by atoms with van der Waals surface area (Å²) >= 11 is 0. The molecule has 1 saturated heterocycles. The van der Waals surface area contributed by atoms with Gasteiger partial charge in [0, 0.05) is 6.42 Å². The largest absolute Gasteiger partial charge is 0.410 e. The van der Waals surface area contributed by atoms with Crippen molar-refractivity contribution in [2.45, 2.75) is 97.8 Å². The molecule has 0 unspecified atom stereocenters. The molecule has 0 aromatic rings. The summed E-state index contributed by atoms with van der Waals surface area (Å²) in [6.07, 6.45) is 4.64. The molecule has 1 aliphatic heterocycles. The van der Waals surface area contributed by atoms with Crippen molar-refractivity contribution in [2.75, 3.05) is 13.2 Å². The molecule has 2 aliphatic rings. The predicted octanol–water partition coefficient (Wildman–Crippen LogP) is 5.91. The summed E-state index contributed by atoms with van der Waals surface area (Å²) < 4.78 is 18.3. The van der Waals surface area contributed by atoms with Gasteiger partial charge in [-0.2, -0.15) is 0 Å². The summed E-state index contributed by atoms with van der Waals surface area (Å²) in [7, 11) is -1.82. The van der Waals surface area contributed by atoms with Gasteiger partial charge in [0.05, 0.1) is 19.3 Å². The van der Waals surface area contributed by atoms with E-state index in [9.17, 15) is 0 Å². The zero-order valence-electron chi connectivity index (χ0n) is 17.8. The smallest absolute Gasteiger partial charge is 0.192 e. The predicted molar refractivity (Wildman–Crippen MR) is 107 cm³/mol. The molecule has 25 heavy (non-hydrogen) atoms. The van der Waals surface area contributed by atoms with Crippen molar-refractivity contribution in [3.8, 4) is 0 Å². The average molecular weight is 369 g/mol. The van der Waals surface area contributed by atoms with Gasteiger partial charge in [-0.3, -0.25) is 0 Å². The van der Waals surface area contributed by atoms with Crippen LogP contribution in [0.2, 0.25) is 18.1 Å². The highest BCUT2D eigenvalue weighted by molar-refractivity contribution is 6.74. The van der Waals surface area contributed by atoms with Crippen LogP contribution in [0, 0.1) is 11.8 Å². The first-order valence-corrected chi connectivity index (χ1v) is 13.0. The molecule has 0 saturated carbocycles. The third-order valence-electron chi connectivity index (χ3n) is 6.47. The van der Waals surface area contributed by atoms with Gasteiger partial charge in [-0.05, 0) is 61.7 Å². The molecule has 1 heterocycles. The van der Waals surface area contributed by atoms with Crippen molar-refractivity contribution < 1.29 is 13.9 Å². The van der Waals surface area contributed by atoms with E-state index in [1.54, 1.807) is 11.1 Å². The summed E-state index contributed by atoms with van der Waals surface area (Å²) in [5.74, 6) is 1.34. The molecule has 0 radical (unpaired) electrons. The molecule has 1 fully saturated rings. The highest BCUT2D eigenvalue weighted by Crippen LogP contribution is 2.44. The van der Waals surface area contributed by atoms with Gasteiger partial charge in [0.2, 0.25) is 0 Å². The third-order valence-corrected chi connectivity index (χ3v) is 11.0. The van der Waals surface area contributed by atoms with Gasteiger partial charge in [0.25, 0.3) is 0 Å². The Morgan fingerprint density at radius 1 is 1.16 bits per heavy atom. The maximum atomic E-state index is 6.97. The SMILES string of the molecule is CC1=C([C@H](CCC2OCCO2)O[Si](C)(C)C(C)(C)C)[C@H](C(C)C)CC1. The minimum Gasteiger partial charge on any atom is -0.410 e. The van der Waals surface area contributed by atoms with E-state index in [2.05, 4.69) is 54.6 Å². The highest BCUT2D eigenvalue weighted by atomic mass is 28.4. The van der Waals surface area contributed by atoms with E-state index in [4.69, 9.17) is 13.9 Å². The fourth-order valence-corrected chi connectivity index (χ4v) is 5.18. The van der Waals surface area contributed by atoms with Crippen LogP contribution < -0.4 is 0 Å². The van der Waals surface area contributed by atoms with E-state index in [-0.39, 0.29) is 17.4 Å². The summed E-state index contributed by atoms with van der Waals surface area (Å²) in [5, 5.41) is 0.228. The molecule has 0 N–H and O–H groups in total. The first-order chi connectivity index (χ1) is 11.5. The molecule has 4 heteroatoms. The van der Waals surface area contributed by atoms with E-state index in [0.717, 1.165) is 26.1 Å². The first-order valence-electron chi connectivity index (χ1n) is 10.1. The lowest BCUT2D eigenvalue weighted by Crippen LogP contribution is -2.45. The molecule has 3 nitrogen and oxygen atoms in total. The Bertz CT molecular complexity index is 470. The molecule has 0 aromatic heterocycles. The van der Waals surface area contributed by atoms with Crippen LogP contribution in [0.15, 0.2) is 11.1 Å². The summed E-state index contributed by atoms with van der Waals surface area (Å²) in [6, 6.07) is 0. The fraction of sp³-hybridized carbons (Fsp3) is 0.905. The quantitative estimate of drug-likeness (QED) is 0.413. The second-order valence-electron chi connectivity index (χ2n) is 9.74. The molecular weight excluding hydrogens is 328 g/mol. The topological polar surface area (TPSA) is 27.7 Å². The molecule has 2 atom stereocenters. The normalized spacial score (nSPS) is 24.6. The van der Waals surface area contributed by atoms with Crippen LogP contribution in [0.25, 0.3) is 0 Å². The highest BCUT2D eigenvalue weighted by Gasteiger charge is 2.42. The number of allylic oxidation sites excluding steroid dienone is 1. The summed E-state index contributed by atoms with van der Waals surface area (Å²) in [6.45, 7) is 20.2. The first kappa shape index (κ1) is 21.1. The lowest BCUT2D eigenvalue weighted by molar-refractivity contribution is -0.0523. The van der Waals surface area contributed by atoms with Gasteiger partial charge in [0.1, 0.15) is 0 Å². The Balaban J connectivity index is 2.20. The number of hydrogen-bond acceptors (Lipinski definition) is 3. The van der Waals surface area contributed by atoms with Crippen LogP contribution in [-0.4, -0.2) is 33.9 Å². The van der Waals surface area contributed by atoms with Crippen LogP contribution in [0.3, 0.4) is 0 Å². The van der Waals surface area contributed by atoms with Crippen molar-refractivity contribution in [3.63, 3.8) is 0 Å². The van der Waals surface area contributed by atoms with E-state index < -0.39 is 8.32 Å². The Morgan fingerprint density at radius 2 is 1.76 bits per heavy atom. The Morgan fingerprint density at radius 3 is 2.28 bits per heavy atom. The van der Waals surface area contributed by atoms with E-state index in [0.29, 0.717) is 11.8 Å². The van der Waals surface area contributed by atoms with Gasteiger partial charge in [-0.1, -0.05) is 40.2 Å². The second-order valence-corrected chi connectivity index (χ2v) is 14.5. The van der Waals surface area contributed by atoms with Gasteiger partial charge >= 0.3 is 0 Å². The van der Waals surface area contributed by atoms with Crippen LogP contribution >= 0.6 is 0 Å². The average Bonchev–Trinajstić information content (AvgIpc) is 3.11. The Labute approximate surface area is 156 Å². The number of ether oxygens (including phenoxy) is 2. The summed E-state index contributed by atoms with van der Waals surface area (Å²) in [4.78, 5) is 0. The van der Waals surface area contributed by atoms with Crippen molar-refractivity contribution in [3.05, 3.63) is 11.1 Å². The summed E-state index contributed by atoms with van der Waals surface area (Å²) in [5.41, 5.74) is 3.16. The minimum atomic E-state index is -1.82. The number of rotatable bonds is 7. The van der Waals surface area contributed by atoms with Crippen molar-refractivity contribution in [1.82, 2.24) is 0 Å². The van der Waals surface area contributed by atoms with E-state index in [1.807, 2.05) is 0 Å². The monoisotopic (exact) mass is 368 g/mol. The number of hydrogen-bond donors (Lipinski definition) is 0. The zero-order chi connectivity index (χ0) is 18.8. The van der Waals surface area contributed by atoms with Crippen LogP contribution in [0.5, 0.6) is 0 Å². The zero-order valence-corrected chi connectivity index (χ0v) is 18.8. The molecule has 0 spiro atoms. The van der Waals surface area contributed by atoms with Gasteiger partial charge in [-0.15, -0.1) is 0 Å². The molecule has 0 aromatic carbocycles. The third kappa shape index (κ3) is 5.18. The minimum absolute atomic E-state index is 0.0367. The maximum Gasteiger partial charge on any atom is 0.192 e. The van der Waals surface area contributed by atoms with Crippen molar-refractivity contribution in [2.24, 2.45) is 11.8 Å². The van der Waals surface area contributed by atoms with Crippen LogP contribution in [-0.2, 0) is 13.9 Å². The molecule has 0 bridgehead atoms. The van der Waals surface area contributed by atoms with Gasteiger partial charge < -0.3 is 13.9 Å². The van der Waals surface area contributed by atoms with Gasteiger partial charge in [0.15, 0.2) is 14.6 Å². The standard InChI is InChI=1S/C21H40O3Si/c1-15(2)17-10-9-16(3)20(17)18(11-12-19-22-13-14-23-19)24-25(7,8)21(4,5)6/h15,17-19H,9-14H2,1-8H3/t17-,18-/m0/s1. The second kappa shape index (κ2) is 8.24. The van der Waals surface area contributed by atoms with Gasteiger partial charge in [-0.25, -0.2) is 0 Å². The van der Waals surface area contributed by atoms with E-state index >= 15 is 0 Å². The fourth-order valence-electron chi connectivity index (χ4n) is 3.87. The Kier molecular flexibility index (Phi) is 6.97. The van der Waals surface area contributed by atoms with Crippen LogP contribution in [0.1, 0.15) is 67.2 Å². The lowest BCUT2D eigenvalue weighted by Gasteiger charge is -2.41. The van der Waals surface area contributed by atoms with E-state index in [1.165, 1.54) is 12.8 Å². The molecule has 146 valence electrons. The molecule has 0 amide bonds. The lowest BCUT2D eigenvalue weighted by atomic mass is 9.85. The molecule has 2 rings (SSSR count). The van der Waals surface area contributed by atoms with Crippen molar-refractivity contribution in [1.29, 1.82) is 0 Å². The molecular formula is C21H40O3Si. The Hall–Kier alpha value is -0.163. The van der Waals surface area contributed by atoms with Crippen LogP contribution in [0.4, 0.5) is 0 Å². The molecule has 1 aliphatic carbocycles.